The van der Waals surface area contributed by atoms with Crippen LogP contribution in [0.4, 0.5) is 4.79 Å². The van der Waals surface area contributed by atoms with Crippen LogP contribution in [0.15, 0.2) is 26.8 Å². The molecule has 0 aromatic carbocycles. The molecule has 0 saturated heterocycles. The van der Waals surface area contributed by atoms with Gasteiger partial charge in [-0.3, -0.25) is 14.7 Å². The van der Waals surface area contributed by atoms with Crippen molar-refractivity contribution in [3.8, 4) is 0 Å². The third-order valence-corrected chi connectivity index (χ3v) is 1.76. The van der Waals surface area contributed by atoms with Gasteiger partial charge in [0.05, 0.1) is 0 Å². The van der Waals surface area contributed by atoms with Crippen LogP contribution >= 0.6 is 0 Å². The summed E-state index contributed by atoms with van der Waals surface area (Å²) in [7, 11) is 2.87. The zero-order chi connectivity index (χ0) is 11.6. The Morgan fingerprint density at radius 1 is 1.53 bits per heavy atom. The molecule has 8 nitrogen and oxygen atoms in total. The summed E-state index contributed by atoms with van der Waals surface area (Å²) in [5.41, 5.74) is 4.84. The van der Waals surface area contributed by atoms with E-state index in [4.69, 9.17) is 5.73 Å². The van der Waals surface area contributed by atoms with Crippen molar-refractivity contribution in [1.29, 1.82) is 0 Å². The Labute approximate surface area is 85.7 Å². The maximum atomic E-state index is 11.4. The SMILES string of the molecule is C=N/C(C(N)=O)=C1/N=NN(C)C(=O)N1C. The van der Waals surface area contributed by atoms with Crippen molar-refractivity contribution in [3.63, 3.8) is 0 Å². The Morgan fingerprint density at radius 3 is 2.60 bits per heavy atom. The summed E-state index contributed by atoms with van der Waals surface area (Å²) in [6.07, 6.45) is 0. The van der Waals surface area contributed by atoms with Crippen molar-refractivity contribution in [3.05, 3.63) is 11.5 Å². The van der Waals surface area contributed by atoms with Gasteiger partial charge in [-0.25, -0.2) is 4.79 Å². The molecule has 1 heterocycles. The predicted molar refractivity (Wildman–Crippen MR) is 51.5 cm³/mol. The third-order valence-electron chi connectivity index (χ3n) is 1.76. The molecule has 0 bridgehead atoms. The average Bonchev–Trinajstić information content (AvgIpc) is 2.18. The number of amides is 3. The number of hydrogen-bond donors (Lipinski definition) is 1. The van der Waals surface area contributed by atoms with E-state index >= 15 is 0 Å². The molecule has 0 spiro atoms. The van der Waals surface area contributed by atoms with Gasteiger partial charge in [0.1, 0.15) is 0 Å². The van der Waals surface area contributed by atoms with E-state index in [1.54, 1.807) is 0 Å². The van der Waals surface area contributed by atoms with E-state index in [0.717, 1.165) is 9.91 Å². The normalized spacial score (nSPS) is 19.2. The summed E-state index contributed by atoms with van der Waals surface area (Å²) < 4.78 is 0. The second-order valence-corrected chi connectivity index (χ2v) is 2.75. The van der Waals surface area contributed by atoms with Crippen molar-refractivity contribution in [1.82, 2.24) is 9.91 Å². The maximum Gasteiger partial charge on any atom is 0.347 e. The lowest BCUT2D eigenvalue weighted by Gasteiger charge is -2.25. The summed E-state index contributed by atoms with van der Waals surface area (Å²) in [6.45, 7) is 3.17. The molecule has 0 fully saturated rings. The Bertz CT molecular complexity index is 385. The highest BCUT2D eigenvalue weighted by molar-refractivity contribution is 5.93. The van der Waals surface area contributed by atoms with E-state index in [9.17, 15) is 9.59 Å². The molecule has 3 amide bonds. The molecule has 0 radical (unpaired) electrons. The minimum Gasteiger partial charge on any atom is -0.364 e. The standard InChI is InChI=1S/C7H10N6O2/c1-9-4(5(8)14)6-10-11-13(3)7(15)12(6)2/h1H2,2-3H3,(H2,8,14)/b6-4-. The number of carbonyl (C=O) groups excluding carboxylic acids is 2. The predicted octanol–water partition coefficient (Wildman–Crippen LogP) is -0.294. The zero-order valence-corrected chi connectivity index (χ0v) is 8.34. The zero-order valence-electron chi connectivity index (χ0n) is 8.34. The van der Waals surface area contributed by atoms with E-state index in [-0.39, 0.29) is 11.5 Å². The van der Waals surface area contributed by atoms with Gasteiger partial charge in [-0.1, -0.05) is 5.22 Å². The lowest BCUT2D eigenvalue weighted by atomic mass is 10.4. The largest absolute Gasteiger partial charge is 0.364 e. The van der Waals surface area contributed by atoms with Crippen molar-refractivity contribution in [2.45, 2.75) is 0 Å². The van der Waals surface area contributed by atoms with Crippen LogP contribution in [0.1, 0.15) is 0 Å². The minimum absolute atomic E-state index is 0.0133. The molecular weight excluding hydrogens is 200 g/mol. The van der Waals surface area contributed by atoms with Crippen LogP contribution in [-0.4, -0.2) is 42.7 Å². The van der Waals surface area contributed by atoms with Gasteiger partial charge >= 0.3 is 6.03 Å². The van der Waals surface area contributed by atoms with Crippen LogP contribution < -0.4 is 5.73 Å². The topological polar surface area (TPSA) is 104 Å². The molecule has 0 aliphatic carbocycles. The number of rotatable bonds is 2. The summed E-state index contributed by atoms with van der Waals surface area (Å²) in [5.74, 6) is -0.830. The van der Waals surface area contributed by atoms with E-state index < -0.39 is 11.9 Å². The molecule has 80 valence electrons. The number of urea groups is 1. The van der Waals surface area contributed by atoms with E-state index in [0.29, 0.717) is 0 Å². The van der Waals surface area contributed by atoms with Gasteiger partial charge in [0, 0.05) is 14.1 Å². The Hall–Kier alpha value is -2.25. The summed E-state index contributed by atoms with van der Waals surface area (Å²) >= 11 is 0. The monoisotopic (exact) mass is 210 g/mol. The maximum absolute atomic E-state index is 11.4. The van der Waals surface area contributed by atoms with Crippen molar-refractivity contribution in [2.75, 3.05) is 14.1 Å². The molecule has 0 atom stereocenters. The second-order valence-electron chi connectivity index (χ2n) is 2.75. The van der Waals surface area contributed by atoms with E-state index in [2.05, 4.69) is 22.0 Å². The van der Waals surface area contributed by atoms with Gasteiger partial charge in [-0.05, 0) is 6.72 Å². The third kappa shape index (κ3) is 1.82. The van der Waals surface area contributed by atoms with Crippen LogP contribution in [0, 0.1) is 0 Å². The molecule has 1 aliphatic heterocycles. The molecule has 8 heteroatoms. The fraction of sp³-hybridized carbons (Fsp3) is 0.286. The fourth-order valence-electron chi connectivity index (χ4n) is 0.987. The first-order valence-electron chi connectivity index (χ1n) is 3.93. The molecule has 1 aliphatic rings. The van der Waals surface area contributed by atoms with Gasteiger partial charge in [0.25, 0.3) is 5.91 Å². The van der Waals surface area contributed by atoms with Crippen LogP contribution in [0.25, 0.3) is 0 Å². The van der Waals surface area contributed by atoms with Crippen LogP contribution in [0.2, 0.25) is 0 Å². The Balaban J connectivity index is 3.26. The van der Waals surface area contributed by atoms with Gasteiger partial charge in [0.2, 0.25) is 0 Å². The van der Waals surface area contributed by atoms with Crippen LogP contribution in [0.3, 0.4) is 0 Å². The van der Waals surface area contributed by atoms with Gasteiger partial charge < -0.3 is 5.73 Å². The first-order valence-corrected chi connectivity index (χ1v) is 3.93. The molecule has 0 unspecified atom stereocenters. The molecule has 0 saturated carbocycles. The smallest absolute Gasteiger partial charge is 0.347 e. The molecule has 0 aromatic heterocycles. The second kappa shape index (κ2) is 3.86. The molecular formula is C7H10N6O2. The highest BCUT2D eigenvalue weighted by Gasteiger charge is 2.26. The molecule has 0 aromatic rings. The number of primary amides is 1. The summed E-state index contributed by atoms with van der Waals surface area (Å²) in [6, 6.07) is -0.442. The first-order chi connectivity index (χ1) is 6.99. The average molecular weight is 210 g/mol. The van der Waals surface area contributed by atoms with Crippen molar-refractivity contribution < 1.29 is 9.59 Å². The number of aliphatic imine (C=N–C) groups is 1. The Kier molecular flexibility index (Phi) is 2.79. The highest BCUT2D eigenvalue weighted by atomic mass is 16.2. The first kappa shape index (κ1) is 10.8. The number of nitrogens with two attached hydrogens (primary N) is 1. The molecule has 2 N–H and O–H groups in total. The fourth-order valence-corrected chi connectivity index (χ4v) is 0.987. The minimum atomic E-state index is -0.817. The van der Waals surface area contributed by atoms with Crippen molar-refractivity contribution >= 4 is 18.7 Å². The Morgan fingerprint density at radius 2 is 2.13 bits per heavy atom. The summed E-state index contributed by atoms with van der Waals surface area (Å²) in [4.78, 5) is 26.9. The molecule has 1 rings (SSSR count). The van der Waals surface area contributed by atoms with Gasteiger partial charge in [-0.2, -0.15) is 5.01 Å². The van der Waals surface area contributed by atoms with E-state index in [1.807, 2.05) is 0 Å². The quantitative estimate of drug-likeness (QED) is 0.499. The van der Waals surface area contributed by atoms with E-state index in [1.165, 1.54) is 14.1 Å². The highest BCUT2D eigenvalue weighted by Crippen LogP contribution is 2.18. The summed E-state index contributed by atoms with van der Waals surface area (Å²) in [5, 5.41) is 8.16. The van der Waals surface area contributed by atoms with Gasteiger partial charge in [-0.15, -0.1) is 5.11 Å². The van der Waals surface area contributed by atoms with Gasteiger partial charge in [0.15, 0.2) is 11.5 Å². The van der Waals surface area contributed by atoms with Crippen molar-refractivity contribution in [2.24, 2.45) is 21.1 Å². The number of nitrogens with zero attached hydrogens (tertiary/aromatic N) is 5. The van der Waals surface area contributed by atoms with Crippen LogP contribution in [-0.2, 0) is 4.79 Å². The number of hydrogen-bond acceptors (Lipinski definition) is 5. The lowest BCUT2D eigenvalue weighted by Crippen LogP contribution is -2.39. The van der Waals surface area contributed by atoms with Crippen LogP contribution in [0.5, 0.6) is 0 Å². The number of carbonyl (C=O) groups is 2. The lowest BCUT2D eigenvalue weighted by molar-refractivity contribution is -0.114. The molecule has 15 heavy (non-hydrogen) atoms.